The predicted molar refractivity (Wildman–Crippen MR) is 230 cm³/mol. The molecule has 0 amide bonds. The second-order valence-electron chi connectivity index (χ2n) is 17.5. The van der Waals surface area contributed by atoms with Crippen LogP contribution in [0.15, 0.2) is 0 Å². The lowest BCUT2D eigenvalue weighted by atomic mass is 9.96. The third-order valence-corrected chi connectivity index (χ3v) is 13.5. The molecule has 5 heterocycles. The van der Waals surface area contributed by atoms with Crippen molar-refractivity contribution in [3.8, 4) is 45.6 Å². The van der Waals surface area contributed by atoms with Crippen LogP contribution in [-0.2, 0) is 0 Å². The lowest BCUT2D eigenvalue weighted by Gasteiger charge is -2.12. The second-order valence-corrected chi connectivity index (χ2v) is 17.5. The largest absolute Gasteiger partial charge is 0.324 e. The third kappa shape index (κ3) is 5.88. The van der Waals surface area contributed by atoms with Gasteiger partial charge in [-0.3, -0.25) is 0 Å². The highest BCUT2D eigenvalue weighted by atomic mass is 19.2. The minimum absolute atomic E-state index is 0.527. The van der Waals surface area contributed by atoms with Crippen molar-refractivity contribution in [3.05, 3.63) is 139 Å². The number of halogens is 23. The van der Waals surface area contributed by atoms with Gasteiger partial charge in [0.25, 0.3) is 0 Å². The summed E-state index contributed by atoms with van der Waals surface area (Å²) in [5.41, 5.74) is -14.3. The molecule has 0 radical (unpaired) electrons. The van der Waals surface area contributed by atoms with E-state index in [-0.39, 0.29) is 0 Å². The Hall–Kier alpha value is -9.45. The van der Waals surface area contributed by atoms with Crippen LogP contribution >= 0.6 is 0 Å². The van der Waals surface area contributed by atoms with E-state index in [1.54, 1.807) is 0 Å². The number of aromatic amines is 2. The van der Waals surface area contributed by atoms with Crippen LogP contribution in [0.25, 0.3) is 133 Å². The molecule has 2 N–H and O–H groups in total. The predicted octanol–water partition coefficient (Wildman–Crippen LogP) is 15.0. The van der Waals surface area contributed by atoms with Crippen molar-refractivity contribution < 1.29 is 101 Å². The Morgan fingerprint density at radius 2 is 0.375 bits per heavy atom. The Morgan fingerprint density at radius 3 is 0.600 bits per heavy atom. The number of hydrogen-bond donors (Lipinski definition) is 2. The standard InChI is InChI=1S/C49H5F23N8/c1-2-19(50)3-4(29(60)20(2)51)22(53)12-11(21(3)52)42-73-43(12)75-45-15-16(26(57)8-7(25(15)56)32(63)38(69)39(70)33(8)64)47(77-45)79-49-18-17(27(58)9-10(28(18)59)35(66)41(72)40(71)34(9)65)48(80-49)78-46-14-13(44(74-42)76-46)23(54)5-6(24(14)55)31(62)37(68)36(67)30(5)61/h1H3,(H2,73,74,75,76,77,78,79,80). The van der Waals surface area contributed by atoms with Gasteiger partial charge in [-0.2, -0.15) is 0 Å². The van der Waals surface area contributed by atoms with Crippen molar-refractivity contribution in [2.75, 3.05) is 0 Å². The summed E-state index contributed by atoms with van der Waals surface area (Å²) in [6.45, 7) is 0.527. The fourth-order valence-corrected chi connectivity index (χ4v) is 9.91. The molecule has 8 bridgehead atoms. The van der Waals surface area contributed by atoms with Crippen molar-refractivity contribution in [1.82, 2.24) is 39.9 Å². The van der Waals surface area contributed by atoms with Gasteiger partial charge in [-0.1, -0.05) is 0 Å². The summed E-state index contributed by atoms with van der Waals surface area (Å²) in [5.74, 6) is -65.0. The van der Waals surface area contributed by atoms with E-state index in [2.05, 4.69) is 29.9 Å². The number of hydrogen-bond acceptors (Lipinski definition) is 6. The Labute approximate surface area is 419 Å². The first-order chi connectivity index (χ1) is 37.7. The second kappa shape index (κ2) is 16.1. The summed E-state index contributed by atoms with van der Waals surface area (Å²) < 4.78 is 365. The van der Waals surface area contributed by atoms with E-state index < -0.39 is 272 Å². The highest BCUT2D eigenvalue weighted by Crippen LogP contribution is 2.49. The summed E-state index contributed by atoms with van der Waals surface area (Å²) in [6, 6.07) is 0. The molecule has 0 saturated heterocycles. The summed E-state index contributed by atoms with van der Waals surface area (Å²) in [4.78, 5) is 26.1. The van der Waals surface area contributed by atoms with E-state index in [1.807, 2.05) is 9.97 Å². The van der Waals surface area contributed by atoms with Crippen molar-refractivity contribution >= 4 is 87.2 Å². The molecule has 13 rings (SSSR count). The molecule has 8 nitrogen and oxygen atoms in total. The molecule has 0 aliphatic carbocycles. The Morgan fingerprint density at radius 1 is 0.188 bits per heavy atom. The van der Waals surface area contributed by atoms with Crippen LogP contribution in [0.4, 0.5) is 101 Å². The normalized spacial score (nSPS) is 12.5. The molecule has 0 spiro atoms. The number of aromatic nitrogens is 8. The molecule has 80 heavy (non-hydrogen) atoms. The van der Waals surface area contributed by atoms with Crippen LogP contribution in [0.1, 0.15) is 5.56 Å². The first-order valence-electron chi connectivity index (χ1n) is 21.5. The zero-order valence-corrected chi connectivity index (χ0v) is 37.4. The van der Waals surface area contributed by atoms with E-state index in [1.165, 1.54) is 0 Å². The number of H-pyrrole nitrogens is 2. The van der Waals surface area contributed by atoms with Gasteiger partial charge in [-0.15, -0.1) is 0 Å². The van der Waals surface area contributed by atoms with Crippen LogP contribution in [0.3, 0.4) is 0 Å². The van der Waals surface area contributed by atoms with Gasteiger partial charge in [-0.25, -0.2) is 131 Å². The van der Waals surface area contributed by atoms with Gasteiger partial charge in [0.15, 0.2) is 105 Å². The fourth-order valence-electron chi connectivity index (χ4n) is 9.91. The maximum atomic E-state index is 17.2. The highest BCUT2D eigenvalue weighted by Gasteiger charge is 2.40. The topological polar surface area (TPSA) is 109 Å². The van der Waals surface area contributed by atoms with Gasteiger partial charge >= 0.3 is 0 Å². The lowest BCUT2D eigenvalue weighted by Crippen LogP contribution is -2.04. The summed E-state index contributed by atoms with van der Waals surface area (Å²) in [7, 11) is 0. The Kier molecular flexibility index (Phi) is 10.1. The zero-order chi connectivity index (χ0) is 57.4. The van der Waals surface area contributed by atoms with Gasteiger partial charge in [-0.05, 0) is 6.92 Å². The number of rotatable bonds is 0. The number of benzene rings is 8. The monoisotopic (exact) mass is 1140 g/mol. The van der Waals surface area contributed by atoms with Crippen molar-refractivity contribution in [2.24, 2.45) is 0 Å². The minimum atomic E-state index is -2.81. The van der Waals surface area contributed by atoms with Crippen molar-refractivity contribution in [2.45, 2.75) is 6.92 Å². The fraction of sp³-hybridized carbons (Fsp3) is 0.0204. The SMILES string of the molecule is Cc1c(F)c(F)c2c(F)c3c(c(F)c2c1F)-c1nc-3nc2[nH]c(nc3nc(nc4[nH]c(n1)c1c(F)c5c(F)c(F)c(F)c(F)c5c(F)c41)-c1c-3c(F)c3c(F)c(F)c(F)c(F)c3c1F)c1c(F)c3c(F)c(F)c(F)c(F)c3c(F)c21. The van der Waals surface area contributed by atoms with Crippen molar-refractivity contribution in [1.29, 1.82) is 0 Å². The molecule has 31 heteroatoms. The maximum absolute atomic E-state index is 17.2. The van der Waals surface area contributed by atoms with Gasteiger partial charge in [0.05, 0.1) is 86.9 Å². The van der Waals surface area contributed by atoms with E-state index in [9.17, 15) is 26.3 Å². The lowest BCUT2D eigenvalue weighted by molar-refractivity contribution is 0.414. The molecular formula is C49H5F23N8. The quantitative estimate of drug-likeness (QED) is 0.0889. The van der Waals surface area contributed by atoms with Crippen LogP contribution in [0.2, 0.25) is 0 Å². The average molecular weight is 1140 g/mol. The van der Waals surface area contributed by atoms with E-state index in [0.717, 1.165) is 0 Å². The van der Waals surface area contributed by atoms with Gasteiger partial charge in [0.2, 0.25) is 0 Å². The van der Waals surface area contributed by atoms with Crippen LogP contribution in [0.5, 0.6) is 0 Å². The summed E-state index contributed by atoms with van der Waals surface area (Å²) >= 11 is 0. The Bertz CT molecular complexity index is 4510. The molecule has 11 aromatic rings. The third-order valence-electron chi connectivity index (χ3n) is 13.5. The minimum Gasteiger partial charge on any atom is -0.324 e. The van der Waals surface area contributed by atoms with E-state index in [4.69, 9.17) is 0 Å². The molecule has 0 saturated carbocycles. The first-order valence-corrected chi connectivity index (χ1v) is 21.5. The highest BCUT2D eigenvalue weighted by molar-refractivity contribution is 6.15. The maximum Gasteiger partial charge on any atom is 0.198 e. The van der Waals surface area contributed by atoms with Crippen molar-refractivity contribution in [3.63, 3.8) is 0 Å². The van der Waals surface area contributed by atoms with Gasteiger partial charge in [0, 0.05) is 5.56 Å². The number of fused-ring (bicyclic) bond motifs is 24. The molecule has 0 unspecified atom stereocenters. The molecule has 0 atom stereocenters. The molecule has 2 aliphatic heterocycles. The average Bonchev–Trinajstić information content (AvgIpc) is 4.37. The summed E-state index contributed by atoms with van der Waals surface area (Å²) in [6.07, 6.45) is 0. The van der Waals surface area contributed by atoms with Gasteiger partial charge in [0.1, 0.15) is 74.9 Å². The van der Waals surface area contributed by atoms with Gasteiger partial charge < -0.3 is 9.97 Å². The molecule has 8 aromatic carbocycles. The molecule has 2 aliphatic rings. The zero-order valence-electron chi connectivity index (χ0n) is 37.4. The smallest absolute Gasteiger partial charge is 0.198 e. The summed E-state index contributed by atoms with van der Waals surface area (Å²) in [5, 5.41) is -23.2. The number of nitrogens with zero attached hydrogens (tertiary/aromatic N) is 6. The molecule has 402 valence electrons. The number of nitrogens with one attached hydrogen (secondary N) is 2. The van der Waals surface area contributed by atoms with Crippen LogP contribution in [-0.4, -0.2) is 39.9 Å². The molecule has 3 aromatic heterocycles. The van der Waals surface area contributed by atoms with Crippen LogP contribution in [0, 0.1) is 141 Å². The van der Waals surface area contributed by atoms with E-state index in [0.29, 0.717) is 6.92 Å². The van der Waals surface area contributed by atoms with Crippen LogP contribution < -0.4 is 0 Å². The molecule has 0 fully saturated rings. The van der Waals surface area contributed by atoms with E-state index >= 15 is 74.6 Å². The Balaban J connectivity index is 1.35. The first kappa shape index (κ1) is 50.1. The molecular weight excluding hydrogens is 1140 g/mol.